The summed E-state index contributed by atoms with van der Waals surface area (Å²) >= 11 is 0. The number of benzene rings is 1. The Balaban J connectivity index is 0.000000606. The molecular formula is C13H20N2O. The molecule has 0 saturated heterocycles. The predicted molar refractivity (Wildman–Crippen MR) is 69.0 cm³/mol. The van der Waals surface area contributed by atoms with Crippen LogP contribution >= 0.6 is 0 Å². The molecule has 88 valence electrons. The molecule has 16 heavy (non-hydrogen) atoms. The van der Waals surface area contributed by atoms with Crippen LogP contribution < -0.4 is 10.1 Å². The van der Waals surface area contributed by atoms with Crippen LogP contribution in [0.2, 0.25) is 0 Å². The third-order valence-corrected chi connectivity index (χ3v) is 2.34. The van der Waals surface area contributed by atoms with Gasteiger partial charge in [0.25, 0.3) is 0 Å². The van der Waals surface area contributed by atoms with Gasteiger partial charge in [0.05, 0.1) is 7.11 Å². The minimum atomic E-state index is 0.868. The standard InChI is InChI=1S/C11H14N2O.C2H6/c1-12-6-8-7-13-11-4-3-9(14-2)5-10(8)11;1-2/h3-5,7,12-13H,6H2,1-2H3;1-2H3. The molecule has 1 aromatic heterocycles. The number of aromatic nitrogens is 1. The maximum absolute atomic E-state index is 5.19. The van der Waals surface area contributed by atoms with Crippen LogP contribution in [0.15, 0.2) is 24.4 Å². The molecule has 0 bridgehead atoms. The molecule has 1 aromatic carbocycles. The average Bonchev–Trinajstić information content (AvgIpc) is 2.75. The fourth-order valence-electron chi connectivity index (χ4n) is 1.62. The normalized spacial score (nSPS) is 9.75. The second kappa shape index (κ2) is 6.18. The lowest BCUT2D eigenvalue weighted by Gasteiger charge is -2.01. The van der Waals surface area contributed by atoms with Gasteiger partial charge in [-0.2, -0.15) is 0 Å². The molecular weight excluding hydrogens is 200 g/mol. The third-order valence-electron chi connectivity index (χ3n) is 2.34. The van der Waals surface area contributed by atoms with Gasteiger partial charge in [-0.1, -0.05) is 13.8 Å². The maximum Gasteiger partial charge on any atom is 0.119 e. The quantitative estimate of drug-likeness (QED) is 0.834. The van der Waals surface area contributed by atoms with Gasteiger partial charge >= 0.3 is 0 Å². The molecule has 2 aromatic rings. The summed E-state index contributed by atoms with van der Waals surface area (Å²) in [6.45, 7) is 4.87. The van der Waals surface area contributed by atoms with Gasteiger partial charge in [-0.25, -0.2) is 0 Å². The zero-order valence-electron chi connectivity index (χ0n) is 10.4. The van der Waals surface area contributed by atoms with Gasteiger partial charge in [-0.05, 0) is 30.8 Å². The van der Waals surface area contributed by atoms with Crippen molar-refractivity contribution in [3.8, 4) is 5.75 Å². The Kier molecular flexibility index (Phi) is 4.86. The molecule has 0 amide bonds. The van der Waals surface area contributed by atoms with E-state index in [2.05, 4.69) is 16.4 Å². The number of ether oxygens (including phenoxy) is 1. The Labute approximate surface area is 96.8 Å². The van der Waals surface area contributed by atoms with E-state index in [1.807, 2.05) is 39.2 Å². The van der Waals surface area contributed by atoms with Crippen molar-refractivity contribution < 1.29 is 4.74 Å². The van der Waals surface area contributed by atoms with Crippen LogP contribution in [-0.4, -0.2) is 19.1 Å². The first kappa shape index (κ1) is 12.6. The second-order valence-electron chi connectivity index (χ2n) is 3.26. The summed E-state index contributed by atoms with van der Waals surface area (Å²) in [5.41, 5.74) is 2.41. The number of rotatable bonds is 3. The number of nitrogens with one attached hydrogen (secondary N) is 2. The van der Waals surface area contributed by atoms with Crippen molar-refractivity contribution in [1.29, 1.82) is 0 Å². The summed E-state index contributed by atoms with van der Waals surface area (Å²) in [7, 11) is 3.63. The van der Waals surface area contributed by atoms with E-state index < -0.39 is 0 Å². The van der Waals surface area contributed by atoms with E-state index in [0.29, 0.717) is 0 Å². The predicted octanol–water partition coefficient (Wildman–Crippen LogP) is 2.92. The highest BCUT2D eigenvalue weighted by Crippen LogP contribution is 2.23. The van der Waals surface area contributed by atoms with Crippen LogP contribution in [0, 0.1) is 0 Å². The smallest absolute Gasteiger partial charge is 0.119 e. The average molecular weight is 220 g/mol. The van der Waals surface area contributed by atoms with Gasteiger partial charge in [-0.3, -0.25) is 0 Å². The Bertz CT molecular complexity index is 434. The van der Waals surface area contributed by atoms with Crippen molar-refractivity contribution in [2.75, 3.05) is 14.2 Å². The topological polar surface area (TPSA) is 37.0 Å². The van der Waals surface area contributed by atoms with E-state index in [4.69, 9.17) is 4.74 Å². The molecule has 2 N–H and O–H groups in total. The van der Waals surface area contributed by atoms with Crippen molar-refractivity contribution in [3.05, 3.63) is 30.0 Å². The van der Waals surface area contributed by atoms with Crippen molar-refractivity contribution in [1.82, 2.24) is 10.3 Å². The number of aromatic amines is 1. The molecule has 0 aliphatic heterocycles. The lowest BCUT2D eigenvalue weighted by atomic mass is 10.1. The van der Waals surface area contributed by atoms with Crippen LogP contribution in [-0.2, 0) is 6.54 Å². The van der Waals surface area contributed by atoms with Gasteiger partial charge in [-0.15, -0.1) is 0 Å². The van der Waals surface area contributed by atoms with Gasteiger partial charge in [0, 0.05) is 23.6 Å². The number of fused-ring (bicyclic) bond motifs is 1. The van der Waals surface area contributed by atoms with Crippen LogP contribution in [0.5, 0.6) is 5.75 Å². The molecule has 0 fully saturated rings. The highest BCUT2D eigenvalue weighted by atomic mass is 16.5. The first-order valence-electron chi connectivity index (χ1n) is 5.63. The summed E-state index contributed by atoms with van der Waals surface area (Å²) in [5.74, 6) is 0.898. The van der Waals surface area contributed by atoms with Crippen molar-refractivity contribution in [2.45, 2.75) is 20.4 Å². The first-order chi connectivity index (χ1) is 7.85. The summed E-state index contributed by atoms with van der Waals surface area (Å²) in [5, 5.41) is 4.36. The highest BCUT2D eigenvalue weighted by molar-refractivity contribution is 5.84. The van der Waals surface area contributed by atoms with Crippen LogP contribution in [0.3, 0.4) is 0 Å². The van der Waals surface area contributed by atoms with Gasteiger partial charge in [0.2, 0.25) is 0 Å². The lowest BCUT2D eigenvalue weighted by molar-refractivity contribution is 0.415. The Morgan fingerprint density at radius 3 is 2.69 bits per heavy atom. The molecule has 0 saturated carbocycles. The fourth-order valence-corrected chi connectivity index (χ4v) is 1.62. The van der Waals surface area contributed by atoms with E-state index in [1.54, 1.807) is 7.11 Å². The first-order valence-corrected chi connectivity index (χ1v) is 5.63. The SMILES string of the molecule is CC.CNCc1c[nH]c2ccc(OC)cc12. The third kappa shape index (κ3) is 2.55. The largest absolute Gasteiger partial charge is 0.497 e. The Morgan fingerprint density at radius 1 is 1.31 bits per heavy atom. The highest BCUT2D eigenvalue weighted by Gasteiger charge is 2.03. The summed E-state index contributed by atoms with van der Waals surface area (Å²) in [6.07, 6.45) is 2.03. The molecule has 0 aliphatic rings. The fraction of sp³-hybridized carbons (Fsp3) is 0.385. The molecule has 0 unspecified atom stereocenters. The van der Waals surface area contributed by atoms with Gasteiger partial charge < -0.3 is 15.0 Å². The maximum atomic E-state index is 5.19. The monoisotopic (exact) mass is 220 g/mol. The van der Waals surface area contributed by atoms with E-state index in [-0.39, 0.29) is 0 Å². The summed E-state index contributed by atoms with van der Waals surface area (Å²) < 4.78 is 5.19. The molecule has 2 rings (SSSR count). The second-order valence-corrected chi connectivity index (χ2v) is 3.26. The minimum Gasteiger partial charge on any atom is -0.497 e. The number of methoxy groups -OCH3 is 1. The Morgan fingerprint density at radius 2 is 2.06 bits per heavy atom. The van der Waals surface area contributed by atoms with Crippen molar-refractivity contribution in [3.63, 3.8) is 0 Å². The van der Waals surface area contributed by atoms with Crippen molar-refractivity contribution in [2.24, 2.45) is 0 Å². The Hall–Kier alpha value is -1.48. The molecule has 1 heterocycles. The zero-order valence-corrected chi connectivity index (χ0v) is 10.4. The van der Waals surface area contributed by atoms with Crippen LogP contribution in [0.4, 0.5) is 0 Å². The van der Waals surface area contributed by atoms with Crippen LogP contribution in [0.25, 0.3) is 10.9 Å². The molecule has 0 aliphatic carbocycles. The number of hydrogen-bond donors (Lipinski definition) is 2. The van der Waals surface area contributed by atoms with Crippen molar-refractivity contribution >= 4 is 10.9 Å². The minimum absolute atomic E-state index is 0.868. The number of H-pyrrole nitrogens is 1. The van der Waals surface area contributed by atoms with Crippen LogP contribution in [0.1, 0.15) is 19.4 Å². The van der Waals surface area contributed by atoms with Gasteiger partial charge in [0.1, 0.15) is 5.75 Å². The van der Waals surface area contributed by atoms with E-state index in [1.165, 1.54) is 10.9 Å². The number of hydrogen-bond acceptors (Lipinski definition) is 2. The van der Waals surface area contributed by atoms with E-state index in [9.17, 15) is 0 Å². The van der Waals surface area contributed by atoms with E-state index in [0.717, 1.165) is 17.8 Å². The zero-order chi connectivity index (χ0) is 12.0. The summed E-state index contributed by atoms with van der Waals surface area (Å²) in [6, 6.07) is 6.05. The molecule has 3 nitrogen and oxygen atoms in total. The summed E-state index contributed by atoms with van der Waals surface area (Å²) in [4.78, 5) is 3.23. The molecule has 0 atom stereocenters. The molecule has 0 spiro atoms. The lowest BCUT2D eigenvalue weighted by Crippen LogP contribution is -2.03. The molecule has 3 heteroatoms. The van der Waals surface area contributed by atoms with E-state index >= 15 is 0 Å². The van der Waals surface area contributed by atoms with Gasteiger partial charge in [0.15, 0.2) is 0 Å². The molecule has 0 radical (unpaired) electrons.